The molecule has 0 bridgehead atoms. The van der Waals surface area contributed by atoms with E-state index in [9.17, 15) is 18.0 Å². The van der Waals surface area contributed by atoms with Crippen molar-refractivity contribution in [1.29, 1.82) is 0 Å². The number of aliphatic hydroxyl groups excluding tert-OH is 1. The number of unbranched alkanes of at least 4 members (excludes halogenated alkanes) is 1. The summed E-state index contributed by atoms with van der Waals surface area (Å²) in [7, 11) is 0. The van der Waals surface area contributed by atoms with Crippen LogP contribution in [0.3, 0.4) is 0 Å². The molecule has 0 aromatic heterocycles. The molecule has 1 amide bonds. The molecule has 0 fully saturated rings. The highest BCUT2D eigenvalue weighted by atomic mass is 19.4. The molecule has 0 spiro atoms. The van der Waals surface area contributed by atoms with Crippen LogP contribution in [0.5, 0.6) is 0 Å². The van der Waals surface area contributed by atoms with Crippen LogP contribution >= 0.6 is 0 Å². The second-order valence-electron chi connectivity index (χ2n) is 4.11. The minimum Gasteiger partial charge on any atom is -0.396 e. The first-order valence-corrected chi connectivity index (χ1v) is 5.98. The molecule has 0 aliphatic rings. The first-order valence-electron chi connectivity index (χ1n) is 5.98. The summed E-state index contributed by atoms with van der Waals surface area (Å²) in [6.07, 6.45) is -3.19. The fraction of sp³-hybridized carbons (Fsp3) is 0.462. The molecular weight excluding hydrogens is 259 g/mol. The van der Waals surface area contributed by atoms with Crippen LogP contribution in [0, 0.1) is 0 Å². The number of alkyl halides is 3. The van der Waals surface area contributed by atoms with Crippen molar-refractivity contribution in [2.24, 2.45) is 0 Å². The molecule has 2 N–H and O–H groups in total. The SMILES string of the molecule is O=C(CCCCO)NCc1ccccc1C(F)(F)F. The lowest BCUT2D eigenvalue weighted by Gasteiger charge is -2.13. The van der Waals surface area contributed by atoms with Gasteiger partial charge in [-0.2, -0.15) is 13.2 Å². The maximum Gasteiger partial charge on any atom is 0.416 e. The molecule has 6 heteroatoms. The Morgan fingerprint density at radius 3 is 2.53 bits per heavy atom. The number of carbonyl (C=O) groups excluding carboxylic acids is 1. The Balaban J connectivity index is 2.56. The first kappa shape index (κ1) is 15.5. The molecule has 1 rings (SSSR count). The van der Waals surface area contributed by atoms with Gasteiger partial charge in [-0.1, -0.05) is 18.2 Å². The number of nitrogens with one attached hydrogen (secondary N) is 1. The lowest BCUT2D eigenvalue weighted by molar-refractivity contribution is -0.138. The molecule has 0 atom stereocenters. The molecule has 0 aliphatic heterocycles. The molecule has 1 aromatic carbocycles. The van der Waals surface area contributed by atoms with Gasteiger partial charge in [0.1, 0.15) is 0 Å². The van der Waals surface area contributed by atoms with E-state index >= 15 is 0 Å². The third-order valence-electron chi connectivity index (χ3n) is 2.61. The highest BCUT2D eigenvalue weighted by Crippen LogP contribution is 2.31. The number of carbonyl (C=O) groups is 1. The average Bonchev–Trinajstić information content (AvgIpc) is 2.36. The zero-order valence-corrected chi connectivity index (χ0v) is 10.3. The summed E-state index contributed by atoms with van der Waals surface area (Å²) in [6, 6.07) is 5.15. The Morgan fingerprint density at radius 1 is 1.21 bits per heavy atom. The summed E-state index contributed by atoms with van der Waals surface area (Å²) in [6.45, 7) is -0.141. The minimum absolute atomic E-state index is 0.00415. The summed E-state index contributed by atoms with van der Waals surface area (Å²) in [4.78, 5) is 11.4. The van der Waals surface area contributed by atoms with Gasteiger partial charge in [0.15, 0.2) is 0 Å². The van der Waals surface area contributed by atoms with Crippen molar-refractivity contribution in [1.82, 2.24) is 5.32 Å². The van der Waals surface area contributed by atoms with Crippen molar-refractivity contribution in [2.45, 2.75) is 32.0 Å². The number of aliphatic hydroxyl groups is 1. The Labute approximate surface area is 109 Å². The second-order valence-corrected chi connectivity index (χ2v) is 4.11. The zero-order chi connectivity index (χ0) is 14.3. The van der Waals surface area contributed by atoms with Crippen LogP contribution < -0.4 is 5.32 Å². The average molecular weight is 275 g/mol. The van der Waals surface area contributed by atoms with E-state index in [-0.39, 0.29) is 31.0 Å². The number of amides is 1. The van der Waals surface area contributed by atoms with Gasteiger partial charge in [-0.3, -0.25) is 4.79 Å². The van der Waals surface area contributed by atoms with E-state index in [1.54, 1.807) is 0 Å². The maximum atomic E-state index is 12.7. The van der Waals surface area contributed by atoms with Crippen molar-refractivity contribution in [3.8, 4) is 0 Å². The Kier molecular flexibility index (Phi) is 5.82. The molecule has 1 aromatic rings. The summed E-state index contributed by atoms with van der Waals surface area (Å²) in [5.41, 5.74) is -0.684. The van der Waals surface area contributed by atoms with Crippen LogP contribution in [-0.2, 0) is 17.5 Å². The van der Waals surface area contributed by atoms with Gasteiger partial charge in [0, 0.05) is 19.6 Å². The van der Waals surface area contributed by atoms with Gasteiger partial charge >= 0.3 is 6.18 Å². The van der Waals surface area contributed by atoms with Crippen LogP contribution in [0.4, 0.5) is 13.2 Å². The largest absolute Gasteiger partial charge is 0.416 e. The Morgan fingerprint density at radius 2 is 1.89 bits per heavy atom. The van der Waals surface area contributed by atoms with Gasteiger partial charge in [0.2, 0.25) is 5.91 Å². The predicted molar refractivity (Wildman–Crippen MR) is 64.2 cm³/mol. The van der Waals surface area contributed by atoms with Crippen molar-refractivity contribution >= 4 is 5.91 Å². The van der Waals surface area contributed by atoms with Gasteiger partial charge < -0.3 is 10.4 Å². The highest BCUT2D eigenvalue weighted by Gasteiger charge is 2.32. The standard InChI is InChI=1S/C13H16F3NO2/c14-13(15,16)11-6-2-1-5-10(11)9-17-12(19)7-3-4-8-18/h1-2,5-6,18H,3-4,7-9H2,(H,17,19). The van der Waals surface area contributed by atoms with Gasteiger partial charge in [-0.15, -0.1) is 0 Å². The molecule has 0 radical (unpaired) electrons. The molecule has 0 saturated carbocycles. The van der Waals surface area contributed by atoms with E-state index in [0.717, 1.165) is 6.07 Å². The molecule has 0 unspecified atom stereocenters. The van der Waals surface area contributed by atoms with E-state index in [4.69, 9.17) is 5.11 Å². The van der Waals surface area contributed by atoms with Gasteiger partial charge in [-0.25, -0.2) is 0 Å². The summed E-state index contributed by atoms with van der Waals surface area (Å²) in [5, 5.41) is 11.0. The monoisotopic (exact) mass is 275 g/mol. The molecule has 19 heavy (non-hydrogen) atoms. The Hall–Kier alpha value is -1.56. The van der Waals surface area contributed by atoms with E-state index in [1.807, 2.05) is 0 Å². The molecule has 0 aliphatic carbocycles. The third kappa shape index (κ3) is 5.30. The number of hydrogen-bond acceptors (Lipinski definition) is 2. The maximum absolute atomic E-state index is 12.7. The molecule has 3 nitrogen and oxygen atoms in total. The van der Waals surface area contributed by atoms with E-state index in [0.29, 0.717) is 12.8 Å². The van der Waals surface area contributed by atoms with E-state index < -0.39 is 11.7 Å². The van der Waals surface area contributed by atoms with E-state index in [1.165, 1.54) is 18.2 Å². The summed E-state index contributed by atoms with van der Waals surface area (Å²) < 4.78 is 38.0. The summed E-state index contributed by atoms with van der Waals surface area (Å²) in [5.74, 6) is -0.314. The lowest BCUT2D eigenvalue weighted by Crippen LogP contribution is -2.24. The van der Waals surface area contributed by atoms with Crippen LogP contribution in [0.1, 0.15) is 30.4 Å². The molecule has 106 valence electrons. The third-order valence-corrected chi connectivity index (χ3v) is 2.61. The van der Waals surface area contributed by atoms with Crippen LogP contribution in [0.2, 0.25) is 0 Å². The smallest absolute Gasteiger partial charge is 0.396 e. The van der Waals surface area contributed by atoms with Gasteiger partial charge in [0.25, 0.3) is 0 Å². The minimum atomic E-state index is -4.42. The fourth-order valence-electron chi connectivity index (χ4n) is 1.63. The van der Waals surface area contributed by atoms with Crippen LogP contribution in [0.15, 0.2) is 24.3 Å². The van der Waals surface area contributed by atoms with Crippen molar-refractivity contribution < 1.29 is 23.1 Å². The van der Waals surface area contributed by atoms with Crippen molar-refractivity contribution in [3.63, 3.8) is 0 Å². The first-order chi connectivity index (χ1) is 8.95. The molecular formula is C13H16F3NO2. The van der Waals surface area contributed by atoms with Crippen molar-refractivity contribution in [2.75, 3.05) is 6.61 Å². The van der Waals surface area contributed by atoms with Gasteiger partial charge in [-0.05, 0) is 24.5 Å². The number of halogens is 3. The Bertz CT molecular complexity index is 419. The van der Waals surface area contributed by atoms with E-state index in [2.05, 4.69) is 5.32 Å². The topological polar surface area (TPSA) is 49.3 Å². The summed E-state index contributed by atoms with van der Waals surface area (Å²) >= 11 is 0. The second kappa shape index (κ2) is 7.13. The van der Waals surface area contributed by atoms with Crippen molar-refractivity contribution in [3.05, 3.63) is 35.4 Å². The van der Waals surface area contributed by atoms with Gasteiger partial charge in [0.05, 0.1) is 5.56 Å². The quantitative estimate of drug-likeness (QED) is 0.784. The normalized spacial score (nSPS) is 11.4. The number of rotatable bonds is 6. The fourth-order valence-corrected chi connectivity index (χ4v) is 1.63. The molecule has 0 heterocycles. The molecule has 0 saturated heterocycles. The lowest BCUT2D eigenvalue weighted by atomic mass is 10.1. The van der Waals surface area contributed by atoms with Crippen LogP contribution in [0.25, 0.3) is 0 Å². The van der Waals surface area contributed by atoms with Crippen LogP contribution in [-0.4, -0.2) is 17.6 Å². The zero-order valence-electron chi connectivity index (χ0n) is 10.3. The predicted octanol–water partition coefficient (Wildman–Crippen LogP) is 2.48. The highest BCUT2D eigenvalue weighted by molar-refractivity contribution is 5.75. The number of benzene rings is 1. The number of hydrogen-bond donors (Lipinski definition) is 2.